The van der Waals surface area contributed by atoms with Crippen molar-refractivity contribution in [2.75, 3.05) is 24.5 Å². The molecule has 0 saturated heterocycles. The second kappa shape index (κ2) is 13.1. The van der Waals surface area contributed by atoms with E-state index >= 15 is 0 Å². The summed E-state index contributed by atoms with van der Waals surface area (Å²) in [5.41, 5.74) is 1.03. The van der Waals surface area contributed by atoms with E-state index in [2.05, 4.69) is 21.2 Å². The van der Waals surface area contributed by atoms with Crippen molar-refractivity contribution < 1.29 is 22.7 Å². The first kappa shape index (κ1) is 29.5. The Balaban J connectivity index is 2.02. The lowest BCUT2D eigenvalue weighted by Gasteiger charge is -2.32. The van der Waals surface area contributed by atoms with Gasteiger partial charge in [0.15, 0.2) is 0 Å². The number of carbonyl (C=O) groups excluding carboxylic acids is 2. The van der Waals surface area contributed by atoms with E-state index in [0.29, 0.717) is 17.3 Å². The van der Waals surface area contributed by atoms with Crippen LogP contribution >= 0.6 is 27.5 Å². The Bertz CT molecular complexity index is 1370. The van der Waals surface area contributed by atoms with Crippen LogP contribution in [0, 0.1) is 0 Å². The maximum absolute atomic E-state index is 13.8. The first-order valence-electron chi connectivity index (χ1n) is 11.8. The van der Waals surface area contributed by atoms with Crippen LogP contribution in [0.5, 0.6) is 5.75 Å². The van der Waals surface area contributed by atoms with Crippen molar-refractivity contribution in [1.29, 1.82) is 0 Å². The molecule has 38 heavy (non-hydrogen) atoms. The lowest BCUT2D eigenvalue weighted by molar-refractivity contribution is -0.139. The third kappa shape index (κ3) is 7.27. The molecule has 2 amide bonds. The molecule has 8 nitrogen and oxygen atoms in total. The monoisotopic (exact) mass is 621 g/mol. The van der Waals surface area contributed by atoms with Gasteiger partial charge in [-0.1, -0.05) is 39.7 Å². The summed E-state index contributed by atoms with van der Waals surface area (Å²) in [5, 5.41) is 3.15. The van der Waals surface area contributed by atoms with E-state index in [9.17, 15) is 18.0 Å². The van der Waals surface area contributed by atoms with E-state index in [4.69, 9.17) is 16.3 Å². The summed E-state index contributed by atoms with van der Waals surface area (Å²) in [6.45, 7) is 3.37. The van der Waals surface area contributed by atoms with Crippen molar-refractivity contribution in [3.63, 3.8) is 0 Å². The van der Waals surface area contributed by atoms with Crippen LogP contribution in [0.25, 0.3) is 0 Å². The van der Waals surface area contributed by atoms with E-state index in [1.54, 1.807) is 26.0 Å². The highest BCUT2D eigenvalue weighted by atomic mass is 79.9. The Labute approximate surface area is 236 Å². The van der Waals surface area contributed by atoms with E-state index in [1.807, 2.05) is 24.3 Å². The molecule has 0 aromatic heterocycles. The highest BCUT2D eigenvalue weighted by molar-refractivity contribution is 9.10. The summed E-state index contributed by atoms with van der Waals surface area (Å²) < 4.78 is 34.5. The molecule has 0 spiro atoms. The average molecular weight is 623 g/mol. The van der Waals surface area contributed by atoms with Crippen LogP contribution < -0.4 is 14.4 Å². The van der Waals surface area contributed by atoms with Gasteiger partial charge in [0.1, 0.15) is 18.3 Å². The molecule has 0 aliphatic carbocycles. The van der Waals surface area contributed by atoms with E-state index in [-0.39, 0.29) is 23.0 Å². The molecule has 0 heterocycles. The number of halogens is 2. The molecule has 0 bridgehead atoms. The average Bonchev–Trinajstić information content (AvgIpc) is 2.90. The number of rotatable bonds is 11. The molecule has 0 unspecified atom stereocenters. The molecule has 3 rings (SSSR count). The largest absolute Gasteiger partial charge is 0.497 e. The van der Waals surface area contributed by atoms with Crippen LogP contribution in [0.15, 0.2) is 82.2 Å². The predicted molar refractivity (Wildman–Crippen MR) is 152 cm³/mol. The number of carbonyl (C=O) groups is 2. The molecule has 3 aromatic rings. The first-order chi connectivity index (χ1) is 18.1. The maximum Gasteiger partial charge on any atom is 0.264 e. The molecule has 1 atom stereocenters. The smallest absolute Gasteiger partial charge is 0.264 e. The van der Waals surface area contributed by atoms with Crippen LogP contribution in [-0.2, 0) is 26.2 Å². The van der Waals surface area contributed by atoms with E-state index in [1.165, 1.54) is 48.4 Å². The van der Waals surface area contributed by atoms with Gasteiger partial charge in [-0.15, -0.1) is 0 Å². The van der Waals surface area contributed by atoms with Crippen LogP contribution in [0.2, 0.25) is 5.02 Å². The fourth-order valence-electron chi connectivity index (χ4n) is 3.75. The van der Waals surface area contributed by atoms with Gasteiger partial charge in [0, 0.05) is 22.6 Å². The minimum Gasteiger partial charge on any atom is -0.497 e. The van der Waals surface area contributed by atoms with Crippen LogP contribution in [0.3, 0.4) is 0 Å². The highest BCUT2D eigenvalue weighted by Crippen LogP contribution is 2.27. The van der Waals surface area contributed by atoms with Crippen molar-refractivity contribution in [2.45, 2.75) is 31.3 Å². The van der Waals surface area contributed by atoms with Gasteiger partial charge in [0.25, 0.3) is 10.0 Å². The summed E-state index contributed by atoms with van der Waals surface area (Å²) in [4.78, 5) is 27.9. The molecular weight excluding hydrogens is 594 g/mol. The lowest BCUT2D eigenvalue weighted by Crippen LogP contribution is -2.51. The maximum atomic E-state index is 13.8. The SMILES string of the molecule is CCNC(=O)[C@@H](C)N(Cc1cccc(Br)c1)C(=O)CN(c1ccc(Cl)cc1)S(=O)(=O)c1ccc(OC)cc1. The minimum atomic E-state index is -4.18. The van der Waals surface area contributed by atoms with Crippen LogP contribution in [-0.4, -0.2) is 51.4 Å². The number of likely N-dealkylation sites (N-methyl/N-ethyl adjacent to an activating group) is 1. The molecule has 3 aromatic carbocycles. The third-order valence-corrected chi connectivity index (χ3v) is 8.33. The molecular formula is C27H29BrClN3O5S. The molecule has 1 N–H and O–H groups in total. The molecule has 0 saturated carbocycles. The van der Waals surface area contributed by atoms with Gasteiger partial charge >= 0.3 is 0 Å². The van der Waals surface area contributed by atoms with Crippen molar-refractivity contribution in [2.24, 2.45) is 0 Å². The van der Waals surface area contributed by atoms with Gasteiger partial charge in [-0.25, -0.2) is 8.42 Å². The number of sulfonamides is 1. The Kier molecular flexibility index (Phi) is 10.2. The number of methoxy groups -OCH3 is 1. The zero-order valence-electron chi connectivity index (χ0n) is 21.2. The fourth-order valence-corrected chi connectivity index (χ4v) is 5.73. The molecule has 0 aliphatic heterocycles. The Morgan fingerprint density at radius 2 is 1.71 bits per heavy atom. The number of anilines is 1. The van der Waals surface area contributed by atoms with Gasteiger partial charge in [-0.05, 0) is 80.1 Å². The summed E-state index contributed by atoms with van der Waals surface area (Å²) in [6.07, 6.45) is 0. The highest BCUT2D eigenvalue weighted by Gasteiger charge is 2.32. The second-order valence-electron chi connectivity index (χ2n) is 8.39. The Hall–Kier alpha value is -3.08. The van der Waals surface area contributed by atoms with Gasteiger partial charge in [0.05, 0.1) is 17.7 Å². The molecule has 0 radical (unpaired) electrons. The molecule has 202 valence electrons. The molecule has 0 aliphatic rings. The first-order valence-corrected chi connectivity index (χ1v) is 14.4. The molecule has 0 fully saturated rings. The summed E-state index contributed by atoms with van der Waals surface area (Å²) in [5.74, 6) is -0.392. The quantitative estimate of drug-likeness (QED) is 0.330. The van der Waals surface area contributed by atoms with Crippen molar-refractivity contribution in [3.05, 3.63) is 87.9 Å². The normalized spacial score (nSPS) is 11.9. The number of benzene rings is 3. The zero-order valence-corrected chi connectivity index (χ0v) is 24.4. The number of amides is 2. The van der Waals surface area contributed by atoms with Gasteiger partial charge in [0.2, 0.25) is 11.8 Å². The number of hydrogen-bond donors (Lipinski definition) is 1. The van der Waals surface area contributed by atoms with Crippen molar-refractivity contribution >= 4 is 55.1 Å². The van der Waals surface area contributed by atoms with Crippen LogP contribution in [0.4, 0.5) is 5.69 Å². The van der Waals surface area contributed by atoms with Gasteiger partial charge < -0.3 is 15.0 Å². The lowest BCUT2D eigenvalue weighted by atomic mass is 10.1. The topological polar surface area (TPSA) is 96.0 Å². The number of nitrogens with zero attached hydrogens (tertiary/aromatic N) is 2. The number of hydrogen-bond acceptors (Lipinski definition) is 5. The van der Waals surface area contributed by atoms with Gasteiger partial charge in [-0.3, -0.25) is 13.9 Å². The minimum absolute atomic E-state index is 0.0173. The second-order valence-corrected chi connectivity index (χ2v) is 11.6. The summed E-state index contributed by atoms with van der Waals surface area (Å²) in [7, 11) is -2.69. The third-order valence-electron chi connectivity index (χ3n) is 5.80. The zero-order chi connectivity index (χ0) is 27.9. The summed E-state index contributed by atoms with van der Waals surface area (Å²) >= 11 is 9.47. The fraction of sp³-hybridized carbons (Fsp3) is 0.259. The Morgan fingerprint density at radius 3 is 2.29 bits per heavy atom. The number of ether oxygens (including phenoxy) is 1. The van der Waals surface area contributed by atoms with Crippen LogP contribution in [0.1, 0.15) is 19.4 Å². The molecule has 11 heteroatoms. The standard InChI is InChI=1S/C27H29BrClN3O5S/c1-4-30-27(34)19(2)31(17-20-6-5-7-21(28)16-20)26(33)18-32(23-10-8-22(29)9-11-23)38(35,36)25-14-12-24(37-3)13-15-25/h5-16,19H,4,17-18H2,1-3H3,(H,30,34)/t19-/m1/s1. The summed E-state index contributed by atoms with van der Waals surface area (Å²) in [6, 6.07) is 18.6. The van der Waals surface area contributed by atoms with Crippen molar-refractivity contribution in [3.8, 4) is 5.75 Å². The van der Waals surface area contributed by atoms with Gasteiger partial charge in [-0.2, -0.15) is 0 Å². The number of nitrogens with one attached hydrogen (secondary N) is 1. The van der Waals surface area contributed by atoms with E-state index < -0.39 is 28.5 Å². The van der Waals surface area contributed by atoms with Crippen molar-refractivity contribution in [1.82, 2.24) is 10.2 Å². The predicted octanol–water partition coefficient (Wildman–Crippen LogP) is 4.86. The Morgan fingerprint density at radius 1 is 1.05 bits per heavy atom. The van der Waals surface area contributed by atoms with E-state index in [0.717, 1.165) is 14.3 Å².